The smallest absolute Gasteiger partial charge is 0.261 e. The van der Waals surface area contributed by atoms with E-state index in [-0.39, 0.29) is 16.4 Å². The second kappa shape index (κ2) is 6.91. The molecule has 1 amide bonds. The number of benzene rings is 1. The Balaban J connectivity index is 1.67. The van der Waals surface area contributed by atoms with Gasteiger partial charge >= 0.3 is 0 Å². The molecule has 1 aromatic carbocycles. The number of carbonyl (C=O) groups excluding carboxylic acids is 1. The van der Waals surface area contributed by atoms with E-state index in [2.05, 4.69) is 20.8 Å². The molecule has 7 heteroatoms. The first-order valence-corrected chi connectivity index (χ1v) is 7.87. The second-order valence-corrected chi connectivity index (χ2v) is 5.89. The van der Waals surface area contributed by atoms with E-state index in [4.69, 9.17) is 11.6 Å². The van der Waals surface area contributed by atoms with Crippen molar-refractivity contribution in [2.24, 2.45) is 0 Å². The first-order valence-electron chi connectivity index (χ1n) is 7.49. The molecule has 2 aromatic rings. The number of hydrogen-bond acceptors (Lipinski definition) is 4. The van der Waals surface area contributed by atoms with Crippen LogP contribution in [0.15, 0.2) is 30.3 Å². The molecule has 0 atom stereocenters. The number of anilines is 2. The highest BCUT2D eigenvalue weighted by Crippen LogP contribution is 2.22. The highest BCUT2D eigenvalue weighted by Gasteiger charge is 2.17. The minimum absolute atomic E-state index is 0.0509. The highest BCUT2D eigenvalue weighted by atomic mass is 35.5. The predicted molar refractivity (Wildman–Crippen MR) is 87.3 cm³/mol. The molecule has 1 aromatic heterocycles. The lowest BCUT2D eigenvalue weighted by molar-refractivity contribution is 0.102. The van der Waals surface area contributed by atoms with Crippen LogP contribution in [0, 0.1) is 5.82 Å². The predicted octanol–water partition coefficient (Wildman–Crippen LogP) is 3.88. The number of carbonyl (C=O) groups is 1. The molecule has 2 N–H and O–H groups in total. The van der Waals surface area contributed by atoms with Gasteiger partial charge in [-0.1, -0.05) is 30.5 Å². The van der Waals surface area contributed by atoms with Crippen molar-refractivity contribution in [3.63, 3.8) is 0 Å². The van der Waals surface area contributed by atoms with E-state index < -0.39 is 11.7 Å². The van der Waals surface area contributed by atoms with Crippen LogP contribution in [0.3, 0.4) is 0 Å². The van der Waals surface area contributed by atoms with Gasteiger partial charge in [0.2, 0.25) is 0 Å². The fraction of sp³-hybridized carbons (Fsp3) is 0.312. The van der Waals surface area contributed by atoms with Gasteiger partial charge < -0.3 is 10.6 Å². The Kier molecular flexibility index (Phi) is 4.71. The number of nitrogens with one attached hydrogen (secondary N) is 2. The summed E-state index contributed by atoms with van der Waals surface area (Å²) in [5.41, 5.74) is -0.205. The fourth-order valence-electron chi connectivity index (χ4n) is 2.65. The molecule has 0 aliphatic heterocycles. The fourth-order valence-corrected chi connectivity index (χ4v) is 2.90. The number of hydrogen-bond donors (Lipinski definition) is 2. The van der Waals surface area contributed by atoms with Crippen molar-refractivity contribution in [2.75, 3.05) is 10.6 Å². The molecule has 1 aliphatic carbocycles. The summed E-state index contributed by atoms with van der Waals surface area (Å²) in [6.45, 7) is 0. The molecule has 1 saturated carbocycles. The quantitative estimate of drug-likeness (QED) is 0.890. The van der Waals surface area contributed by atoms with Crippen molar-refractivity contribution in [3.05, 3.63) is 46.7 Å². The Labute approximate surface area is 138 Å². The van der Waals surface area contributed by atoms with Gasteiger partial charge in [0.1, 0.15) is 11.6 Å². The van der Waals surface area contributed by atoms with Gasteiger partial charge in [-0.05, 0) is 37.1 Å². The largest absolute Gasteiger partial charge is 0.366 e. The molecule has 0 saturated heterocycles. The summed E-state index contributed by atoms with van der Waals surface area (Å²) in [7, 11) is 0. The third-order valence-electron chi connectivity index (χ3n) is 3.80. The second-order valence-electron chi connectivity index (χ2n) is 5.48. The van der Waals surface area contributed by atoms with E-state index in [9.17, 15) is 9.18 Å². The third kappa shape index (κ3) is 3.76. The van der Waals surface area contributed by atoms with Crippen LogP contribution < -0.4 is 10.6 Å². The van der Waals surface area contributed by atoms with E-state index in [1.807, 2.05) is 0 Å². The summed E-state index contributed by atoms with van der Waals surface area (Å²) in [5.74, 6) is -0.425. The number of rotatable bonds is 4. The van der Waals surface area contributed by atoms with E-state index in [1.54, 1.807) is 12.1 Å². The van der Waals surface area contributed by atoms with E-state index >= 15 is 0 Å². The van der Waals surface area contributed by atoms with Gasteiger partial charge in [0, 0.05) is 6.04 Å². The first-order chi connectivity index (χ1) is 11.1. The van der Waals surface area contributed by atoms with E-state index in [0.717, 1.165) is 12.8 Å². The molecular weight excluding hydrogens is 319 g/mol. The number of amides is 1. The molecule has 0 spiro atoms. The van der Waals surface area contributed by atoms with Crippen molar-refractivity contribution in [2.45, 2.75) is 31.7 Å². The van der Waals surface area contributed by atoms with Crippen LogP contribution in [-0.2, 0) is 0 Å². The molecular formula is C16H16ClFN4O. The first kappa shape index (κ1) is 15.7. The van der Waals surface area contributed by atoms with Gasteiger partial charge in [0.25, 0.3) is 5.91 Å². The SMILES string of the molecule is O=C(Nc1ccc(NC2CCCC2)nn1)c1c(F)cccc1Cl. The van der Waals surface area contributed by atoms with E-state index in [0.29, 0.717) is 11.9 Å². The lowest BCUT2D eigenvalue weighted by Crippen LogP contribution is -2.18. The maximum atomic E-state index is 13.7. The summed E-state index contributed by atoms with van der Waals surface area (Å²) in [6, 6.07) is 7.88. The highest BCUT2D eigenvalue weighted by molar-refractivity contribution is 6.34. The summed E-state index contributed by atoms with van der Waals surface area (Å²) in [4.78, 5) is 12.1. The molecule has 23 heavy (non-hydrogen) atoms. The Morgan fingerprint density at radius 1 is 1.13 bits per heavy atom. The van der Waals surface area contributed by atoms with Gasteiger partial charge in [-0.25, -0.2) is 4.39 Å². The summed E-state index contributed by atoms with van der Waals surface area (Å²) >= 11 is 5.86. The number of halogens is 2. The lowest BCUT2D eigenvalue weighted by atomic mass is 10.2. The Morgan fingerprint density at radius 3 is 2.48 bits per heavy atom. The number of nitrogens with zero attached hydrogens (tertiary/aromatic N) is 2. The third-order valence-corrected chi connectivity index (χ3v) is 4.12. The van der Waals surface area contributed by atoms with Crippen LogP contribution in [0.25, 0.3) is 0 Å². The summed E-state index contributed by atoms with van der Waals surface area (Å²) < 4.78 is 13.7. The van der Waals surface area contributed by atoms with Crippen molar-refractivity contribution in [1.82, 2.24) is 10.2 Å². The maximum absolute atomic E-state index is 13.7. The maximum Gasteiger partial charge on any atom is 0.261 e. The van der Waals surface area contributed by atoms with Crippen molar-refractivity contribution >= 4 is 29.1 Å². The molecule has 3 rings (SSSR count). The minimum Gasteiger partial charge on any atom is -0.366 e. The van der Waals surface area contributed by atoms with Gasteiger partial charge in [-0.2, -0.15) is 0 Å². The van der Waals surface area contributed by atoms with Crippen molar-refractivity contribution in [3.8, 4) is 0 Å². The zero-order valence-electron chi connectivity index (χ0n) is 12.4. The molecule has 1 heterocycles. The average Bonchev–Trinajstić information content (AvgIpc) is 3.02. The minimum atomic E-state index is -0.678. The zero-order valence-corrected chi connectivity index (χ0v) is 13.1. The van der Waals surface area contributed by atoms with Crippen LogP contribution in [-0.4, -0.2) is 22.1 Å². The Morgan fingerprint density at radius 2 is 1.83 bits per heavy atom. The van der Waals surface area contributed by atoms with Gasteiger partial charge in [-0.15, -0.1) is 10.2 Å². The van der Waals surface area contributed by atoms with Crippen molar-refractivity contribution in [1.29, 1.82) is 0 Å². The summed E-state index contributed by atoms with van der Waals surface area (Å²) in [6.07, 6.45) is 4.71. The topological polar surface area (TPSA) is 66.9 Å². The molecule has 1 aliphatic rings. The Hall–Kier alpha value is -2.21. The van der Waals surface area contributed by atoms with Crippen LogP contribution in [0.4, 0.5) is 16.0 Å². The van der Waals surface area contributed by atoms with Crippen LogP contribution in [0.1, 0.15) is 36.0 Å². The van der Waals surface area contributed by atoms with Crippen LogP contribution in [0.5, 0.6) is 0 Å². The molecule has 1 fully saturated rings. The van der Waals surface area contributed by atoms with Crippen LogP contribution >= 0.6 is 11.6 Å². The lowest BCUT2D eigenvalue weighted by Gasteiger charge is -2.12. The van der Waals surface area contributed by atoms with Crippen molar-refractivity contribution < 1.29 is 9.18 Å². The van der Waals surface area contributed by atoms with Gasteiger partial charge in [0.05, 0.1) is 10.6 Å². The molecule has 0 unspecified atom stereocenters. The van der Waals surface area contributed by atoms with Crippen LogP contribution in [0.2, 0.25) is 5.02 Å². The van der Waals surface area contributed by atoms with Gasteiger partial charge in [-0.3, -0.25) is 4.79 Å². The Bertz CT molecular complexity index is 681. The molecule has 0 bridgehead atoms. The molecule has 0 radical (unpaired) electrons. The van der Waals surface area contributed by atoms with Gasteiger partial charge in [0.15, 0.2) is 5.82 Å². The average molecular weight is 335 g/mol. The molecule has 120 valence electrons. The van der Waals surface area contributed by atoms with E-state index in [1.165, 1.54) is 31.0 Å². The summed E-state index contributed by atoms with van der Waals surface area (Å²) in [5, 5.41) is 13.8. The molecule has 5 nitrogen and oxygen atoms in total. The standard InChI is InChI=1S/C16H16ClFN4O/c17-11-6-3-7-12(18)15(11)16(23)20-14-9-8-13(21-22-14)19-10-4-1-2-5-10/h3,6-10H,1-2,4-5H2,(H,19,21)(H,20,22,23). The monoisotopic (exact) mass is 334 g/mol. The zero-order chi connectivity index (χ0) is 16.2. The normalized spacial score (nSPS) is 14.7. The number of aromatic nitrogens is 2.